The molecule has 0 aromatic carbocycles. The van der Waals surface area contributed by atoms with Crippen LogP contribution < -0.4 is 0 Å². The molecule has 0 heterocycles. The van der Waals surface area contributed by atoms with Gasteiger partial charge in [0.15, 0.2) is 0 Å². The van der Waals surface area contributed by atoms with E-state index >= 15 is 0 Å². The van der Waals surface area contributed by atoms with Crippen molar-refractivity contribution in [3.8, 4) is 0 Å². The Kier molecular flexibility index (Phi) is 46.1. The molecule has 0 fully saturated rings. The number of hydrogen-bond donors (Lipinski definition) is 0. The van der Waals surface area contributed by atoms with Gasteiger partial charge in [0.25, 0.3) is 0 Å². The Morgan fingerprint density at radius 3 is 1.53 bits per heavy atom. The molecule has 90 valence electrons. The van der Waals surface area contributed by atoms with Crippen molar-refractivity contribution in [3.63, 3.8) is 0 Å². The summed E-state index contributed by atoms with van der Waals surface area (Å²) in [6.07, 6.45) is 4.36. The van der Waals surface area contributed by atoms with Crippen LogP contribution in [0.2, 0.25) is 0 Å². The van der Waals surface area contributed by atoms with Gasteiger partial charge in [-0.15, -0.1) is 26.3 Å². The van der Waals surface area contributed by atoms with Gasteiger partial charge in [-0.2, -0.15) is 0 Å². The Labute approximate surface area is 98.1 Å². The van der Waals surface area contributed by atoms with Crippen LogP contribution in [-0.4, -0.2) is 0 Å². The number of allylic oxidation sites excluding steroid dienone is 3. The standard InChI is InChI=1S/C9H16.C2H6.2C2H4/c1-5-7-9(4)8(3)6-2;3*1-2/h6H,2,5,7H2,1,3-4H3;1-2H3;2*1-2H2/b9-8-;;;. The van der Waals surface area contributed by atoms with Gasteiger partial charge in [-0.25, -0.2) is 0 Å². The lowest BCUT2D eigenvalue weighted by molar-refractivity contribution is 0.895. The Morgan fingerprint density at radius 2 is 1.33 bits per heavy atom. The van der Waals surface area contributed by atoms with Crippen LogP contribution in [0.3, 0.4) is 0 Å². The third-order valence-electron chi connectivity index (χ3n) is 1.60. The smallest absolute Gasteiger partial charge is 0.0320 e. The molecule has 0 aliphatic carbocycles. The Hall–Kier alpha value is -1.04. The number of hydrogen-bond acceptors (Lipinski definition) is 0. The minimum absolute atomic E-state index is 1.21. The maximum atomic E-state index is 3.71. The highest BCUT2D eigenvalue weighted by atomic mass is 14.0. The van der Waals surface area contributed by atoms with Gasteiger partial charge < -0.3 is 0 Å². The van der Waals surface area contributed by atoms with E-state index in [0.717, 1.165) is 0 Å². The fourth-order valence-corrected chi connectivity index (χ4v) is 0.746. The number of rotatable bonds is 3. The van der Waals surface area contributed by atoms with E-state index in [1.165, 1.54) is 24.0 Å². The van der Waals surface area contributed by atoms with Gasteiger partial charge in [-0.05, 0) is 20.3 Å². The summed E-state index contributed by atoms with van der Waals surface area (Å²) in [5, 5.41) is 0. The predicted molar refractivity (Wildman–Crippen MR) is 77.3 cm³/mol. The molecule has 0 spiro atoms. The first-order valence-electron chi connectivity index (χ1n) is 5.51. The van der Waals surface area contributed by atoms with E-state index in [0.29, 0.717) is 0 Å². The average Bonchev–Trinajstić information content (AvgIpc) is 2.36. The lowest BCUT2D eigenvalue weighted by atomic mass is 10.1. The van der Waals surface area contributed by atoms with E-state index in [9.17, 15) is 0 Å². The third-order valence-corrected chi connectivity index (χ3v) is 1.60. The highest BCUT2D eigenvalue weighted by molar-refractivity contribution is 5.19. The van der Waals surface area contributed by atoms with E-state index in [2.05, 4.69) is 53.7 Å². The zero-order chi connectivity index (χ0) is 13.3. The fourth-order valence-electron chi connectivity index (χ4n) is 0.746. The summed E-state index contributed by atoms with van der Waals surface area (Å²) in [5.41, 5.74) is 2.80. The maximum Gasteiger partial charge on any atom is -0.0320 e. The molecule has 0 N–H and O–H groups in total. The van der Waals surface area contributed by atoms with Crippen LogP contribution in [0.1, 0.15) is 47.5 Å². The Balaban J connectivity index is -0.0000000860. The van der Waals surface area contributed by atoms with Crippen molar-refractivity contribution in [2.24, 2.45) is 0 Å². The summed E-state index contributed by atoms with van der Waals surface area (Å²) in [6.45, 7) is 26.2. The Bertz CT molecular complexity index is 138. The van der Waals surface area contributed by atoms with Crippen molar-refractivity contribution in [1.82, 2.24) is 0 Å². The molecular formula is C15H30. The molecule has 0 bridgehead atoms. The predicted octanol–water partition coefficient (Wildman–Crippen LogP) is 5.94. The van der Waals surface area contributed by atoms with Crippen molar-refractivity contribution < 1.29 is 0 Å². The van der Waals surface area contributed by atoms with Crippen molar-refractivity contribution in [2.75, 3.05) is 0 Å². The van der Waals surface area contributed by atoms with Crippen LogP contribution in [0.15, 0.2) is 50.1 Å². The molecule has 0 rings (SSSR count). The lowest BCUT2D eigenvalue weighted by Crippen LogP contribution is -1.78. The van der Waals surface area contributed by atoms with Crippen molar-refractivity contribution >= 4 is 0 Å². The van der Waals surface area contributed by atoms with E-state index < -0.39 is 0 Å². The van der Waals surface area contributed by atoms with Crippen molar-refractivity contribution in [1.29, 1.82) is 0 Å². The van der Waals surface area contributed by atoms with E-state index in [-0.39, 0.29) is 0 Å². The molecule has 0 aromatic heterocycles. The molecular weight excluding hydrogens is 180 g/mol. The molecule has 0 saturated heterocycles. The zero-order valence-corrected chi connectivity index (χ0v) is 11.5. The molecule has 0 heteroatoms. The van der Waals surface area contributed by atoms with Crippen molar-refractivity contribution in [3.05, 3.63) is 50.1 Å². The summed E-state index contributed by atoms with van der Waals surface area (Å²) in [6, 6.07) is 0. The van der Waals surface area contributed by atoms with Crippen molar-refractivity contribution in [2.45, 2.75) is 47.5 Å². The second-order valence-corrected chi connectivity index (χ2v) is 2.42. The topological polar surface area (TPSA) is 0 Å². The summed E-state index contributed by atoms with van der Waals surface area (Å²) >= 11 is 0. The summed E-state index contributed by atoms with van der Waals surface area (Å²) < 4.78 is 0. The van der Waals surface area contributed by atoms with Crippen LogP contribution in [0, 0.1) is 0 Å². The lowest BCUT2D eigenvalue weighted by Gasteiger charge is -1.99. The summed E-state index contributed by atoms with van der Waals surface area (Å²) in [5.74, 6) is 0. The first kappa shape index (κ1) is 23.6. The third kappa shape index (κ3) is 24.6. The van der Waals surface area contributed by atoms with Crippen LogP contribution >= 0.6 is 0 Å². The van der Waals surface area contributed by atoms with Crippen LogP contribution in [0.25, 0.3) is 0 Å². The summed E-state index contributed by atoms with van der Waals surface area (Å²) in [7, 11) is 0. The minimum atomic E-state index is 1.21. The molecule has 15 heavy (non-hydrogen) atoms. The van der Waals surface area contributed by atoms with Crippen LogP contribution in [-0.2, 0) is 0 Å². The second-order valence-electron chi connectivity index (χ2n) is 2.42. The monoisotopic (exact) mass is 210 g/mol. The minimum Gasteiger partial charge on any atom is -0.106 e. The second kappa shape index (κ2) is 29.3. The van der Waals surface area contributed by atoms with Gasteiger partial charge in [0.2, 0.25) is 0 Å². The molecule has 0 nitrogen and oxygen atoms in total. The molecule has 0 unspecified atom stereocenters. The molecule has 0 aromatic rings. The van der Waals surface area contributed by atoms with Gasteiger partial charge in [0, 0.05) is 0 Å². The molecule has 0 atom stereocenters. The SMILES string of the molecule is C=C.C=C.C=C/C(C)=C(/C)CCC.CC. The molecule has 0 aliphatic heterocycles. The maximum absolute atomic E-state index is 3.71. The molecule has 0 saturated carbocycles. The average molecular weight is 210 g/mol. The largest absolute Gasteiger partial charge is 0.106 e. The van der Waals surface area contributed by atoms with E-state index in [1.54, 1.807) is 0 Å². The van der Waals surface area contributed by atoms with E-state index in [1.807, 2.05) is 19.9 Å². The molecule has 0 aliphatic rings. The van der Waals surface area contributed by atoms with Gasteiger partial charge in [0.1, 0.15) is 0 Å². The molecule has 0 amide bonds. The zero-order valence-electron chi connectivity index (χ0n) is 11.5. The van der Waals surface area contributed by atoms with Crippen LogP contribution in [0.5, 0.6) is 0 Å². The highest BCUT2D eigenvalue weighted by Crippen LogP contribution is 2.09. The molecule has 0 radical (unpaired) electrons. The van der Waals surface area contributed by atoms with Gasteiger partial charge in [0.05, 0.1) is 0 Å². The van der Waals surface area contributed by atoms with Gasteiger partial charge in [-0.1, -0.05) is 51.0 Å². The van der Waals surface area contributed by atoms with E-state index in [4.69, 9.17) is 0 Å². The first-order valence-corrected chi connectivity index (χ1v) is 5.51. The normalized spacial score (nSPS) is 8.60. The quantitative estimate of drug-likeness (QED) is 0.399. The summed E-state index contributed by atoms with van der Waals surface area (Å²) in [4.78, 5) is 0. The van der Waals surface area contributed by atoms with Crippen LogP contribution in [0.4, 0.5) is 0 Å². The Morgan fingerprint density at radius 1 is 1.00 bits per heavy atom. The van der Waals surface area contributed by atoms with Gasteiger partial charge in [-0.3, -0.25) is 0 Å². The fraction of sp³-hybridized carbons (Fsp3) is 0.467. The first-order chi connectivity index (χ1) is 7.22. The van der Waals surface area contributed by atoms with Gasteiger partial charge >= 0.3 is 0 Å². The highest BCUT2D eigenvalue weighted by Gasteiger charge is 1.89.